The Bertz CT molecular complexity index is 882. The number of pyridine rings is 1. The van der Waals surface area contributed by atoms with Crippen LogP contribution in [0.25, 0.3) is 0 Å². The van der Waals surface area contributed by atoms with Crippen molar-refractivity contribution >= 4 is 27.8 Å². The number of hydrogen-bond acceptors (Lipinski definition) is 6. The van der Waals surface area contributed by atoms with Gasteiger partial charge in [-0.3, -0.25) is 10.1 Å². The zero-order valence-corrected chi connectivity index (χ0v) is 15.6. The molecule has 0 bridgehead atoms. The SMILES string of the molecule is C[C@]1(CS(=O)(=O)N2CCN(c3ccc(C(F)(F)F)cn3)CC2)NC(=O)NC1=O. The van der Waals surface area contributed by atoms with E-state index in [9.17, 15) is 31.2 Å². The molecule has 3 rings (SSSR count). The maximum Gasteiger partial charge on any atom is 0.417 e. The summed E-state index contributed by atoms with van der Waals surface area (Å²) >= 11 is 0. The van der Waals surface area contributed by atoms with Gasteiger partial charge in [0.05, 0.1) is 11.3 Å². The molecule has 2 fully saturated rings. The van der Waals surface area contributed by atoms with Crippen LogP contribution in [-0.4, -0.2) is 67.1 Å². The molecule has 1 aromatic rings. The van der Waals surface area contributed by atoms with E-state index in [-0.39, 0.29) is 26.2 Å². The Balaban J connectivity index is 1.63. The van der Waals surface area contributed by atoms with Gasteiger partial charge in [-0.05, 0) is 19.1 Å². The van der Waals surface area contributed by atoms with Crippen LogP contribution in [0.15, 0.2) is 18.3 Å². The Kier molecular flexibility index (Phi) is 5.00. The lowest BCUT2D eigenvalue weighted by Gasteiger charge is -2.35. The van der Waals surface area contributed by atoms with E-state index in [1.807, 2.05) is 5.32 Å². The van der Waals surface area contributed by atoms with Gasteiger partial charge in [-0.2, -0.15) is 17.5 Å². The van der Waals surface area contributed by atoms with Gasteiger partial charge < -0.3 is 10.2 Å². The highest BCUT2D eigenvalue weighted by atomic mass is 32.2. The predicted octanol–water partition coefficient (Wildman–Crippen LogP) is 0.150. The number of alkyl halides is 3. The number of anilines is 1. The zero-order chi connectivity index (χ0) is 20.7. The van der Waals surface area contributed by atoms with E-state index >= 15 is 0 Å². The van der Waals surface area contributed by atoms with Crippen LogP contribution in [0.3, 0.4) is 0 Å². The fraction of sp³-hybridized carbons (Fsp3) is 0.533. The molecule has 2 saturated heterocycles. The molecule has 3 heterocycles. The molecule has 28 heavy (non-hydrogen) atoms. The van der Waals surface area contributed by atoms with Crippen molar-refractivity contribution in [3.63, 3.8) is 0 Å². The minimum Gasteiger partial charge on any atom is -0.354 e. The van der Waals surface area contributed by atoms with Gasteiger partial charge >= 0.3 is 12.2 Å². The Hall–Kier alpha value is -2.41. The van der Waals surface area contributed by atoms with E-state index in [0.717, 1.165) is 12.3 Å². The summed E-state index contributed by atoms with van der Waals surface area (Å²) in [5.74, 6) is -0.982. The first-order valence-electron chi connectivity index (χ1n) is 8.30. The average Bonchev–Trinajstić information content (AvgIpc) is 2.85. The molecule has 0 saturated carbocycles. The van der Waals surface area contributed by atoms with Gasteiger partial charge in [0.15, 0.2) is 0 Å². The highest BCUT2D eigenvalue weighted by molar-refractivity contribution is 7.89. The number of amides is 3. The number of carbonyl (C=O) groups is 2. The summed E-state index contributed by atoms with van der Waals surface area (Å²) in [6.45, 7) is 1.94. The van der Waals surface area contributed by atoms with Crippen LogP contribution in [0, 0.1) is 0 Å². The van der Waals surface area contributed by atoms with Crippen molar-refractivity contribution in [3.05, 3.63) is 23.9 Å². The van der Waals surface area contributed by atoms with Crippen molar-refractivity contribution in [3.8, 4) is 0 Å². The number of aromatic nitrogens is 1. The lowest BCUT2D eigenvalue weighted by atomic mass is 10.1. The molecular formula is C15H18F3N5O4S. The highest BCUT2D eigenvalue weighted by Gasteiger charge is 2.46. The molecule has 0 aliphatic carbocycles. The second kappa shape index (κ2) is 6.88. The number of hydrogen-bond donors (Lipinski definition) is 2. The summed E-state index contributed by atoms with van der Waals surface area (Å²) in [7, 11) is -3.85. The molecule has 0 radical (unpaired) electrons. The van der Waals surface area contributed by atoms with Crippen LogP contribution in [0.1, 0.15) is 12.5 Å². The molecule has 2 N–H and O–H groups in total. The third-order valence-corrected chi connectivity index (χ3v) is 6.71. The predicted molar refractivity (Wildman–Crippen MR) is 91.9 cm³/mol. The second-order valence-corrected chi connectivity index (χ2v) is 8.75. The van der Waals surface area contributed by atoms with E-state index in [0.29, 0.717) is 5.82 Å². The third-order valence-electron chi connectivity index (χ3n) is 4.62. The van der Waals surface area contributed by atoms with Gasteiger partial charge in [0.25, 0.3) is 5.91 Å². The van der Waals surface area contributed by atoms with Gasteiger partial charge in [0.2, 0.25) is 10.0 Å². The summed E-state index contributed by atoms with van der Waals surface area (Å²) in [4.78, 5) is 28.6. The minimum atomic E-state index is -4.48. The highest BCUT2D eigenvalue weighted by Crippen LogP contribution is 2.29. The van der Waals surface area contributed by atoms with Crippen molar-refractivity contribution in [2.75, 3.05) is 36.8 Å². The Morgan fingerprint density at radius 3 is 2.29 bits per heavy atom. The number of sulfonamides is 1. The maximum absolute atomic E-state index is 12.6. The maximum atomic E-state index is 12.6. The fourth-order valence-electron chi connectivity index (χ4n) is 3.07. The van der Waals surface area contributed by atoms with Gasteiger partial charge in [-0.25, -0.2) is 18.2 Å². The van der Waals surface area contributed by atoms with Crippen molar-refractivity contribution in [1.29, 1.82) is 0 Å². The molecule has 1 atom stereocenters. The van der Waals surface area contributed by atoms with Gasteiger partial charge in [-0.15, -0.1) is 0 Å². The Morgan fingerprint density at radius 1 is 1.18 bits per heavy atom. The van der Waals surface area contributed by atoms with E-state index in [2.05, 4.69) is 10.3 Å². The smallest absolute Gasteiger partial charge is 0.354 e. The van der Waals surface area contributed by atoms with Crippen molar-refractivity contribution in [1.82, 2.24) is 19.9 Å². The fourth-order valence-corrected chi connectivity index (χ4v) is 4.91. The first-order chi connectivity index (χ1) is 12.9. The molecule has 0 unspecified atom stereocenters. The second-order valence-electron chi connectivity index (χ2n) is 6.79. The first-order valence-corrected chi connectivity index (χ1v) is 9.91. The van der Waals surface area contributed by atoms with Crippen LogP contribution < -0.4 is 15.5 Å². The molecule has 2 aliphatic rings. The molecule has 3 amide bonds. The lowest BCUT2D eigenvalue weighted by molar-refractivity contribution is -0.137. The molecule has 2 aliphatic heterocycles. The number of carbonyl (C=O) groups excluding carboxylic acids is 2. The van der Waals surface area contributed by atoms with Crippen molar-refractivity contribution in [2.24, 2.45) is 0 Å². The molecule has 0 aromatic carbocycles. The van der Waals surface area contributed by atoms with E-state index < -0.39 is 45.0 Å². The Morgan fingerprint density at radius 2 is 1.82 bits per heavy atom. The minimum absolute atomic E-state index is 0.0800. The summed E-state index contributed by atoms with van der Waals surface area (Å²) in [5, 5.41) is 4.32. The van der Waals surface area contributed by atoms with E-state index in [4.69, 9.17) is 0 Å². The molecule has 9 nitrogen and oxygen atoms in total. The number of nitrogens with zero attached hydrogens (tertiary/aromatic N) is 3. The van der Waals surface area contributed by atoms with E-state index in [1.54, 1.807) is 4.90 Å². The van der Waals surface area contributed by atoms with Crippen LogP contribution in [-0.2, 0) is 21.0 Å². The summed E-state index contributed by atoms with van der Waals surface area (Å²) in [6, 6.07) is 1.42. The van der Waals surface area contributed by atoms with Crippen LogP contribution >= 0.6 is 0 Å². The first kappa shape index (κ1) is 20.3. The lowest BCUT2D eigenvalue weighted by Crippen LogP contribution is -2.55. The Labute approximate surface area is 158 Å². The number of halogens is 3. The largest absolute Gasteiger partial charge is 0.417 e. The van der Waals surface area contributed by atoms with Gasteiger partial charge in [0, 0.05) is 32.4 Å². The number of urea groups is 1. The normalized spacial score (nSPS) is 24.2. The van der Waals surface area contributed by atoms with Gasteiger partial charge in [0.1, 0.15) is 11.4 Å². The quantitative estimate of drug-likeness (QED) is 0.670. The van der Waals surface area contributed by atoms with Crippen LogP contribution in [0.5, 0.6) is 0 Å². The van der Waals surface area contributed by atoms with Gasteiger partial charge in [-0.1, -0.05) is 0 Å². The summed E-state index contributed by atoms with van der Waals surface area (Å²) < 4.78 is 64.3. The molecule has 13 heteroatoms. The standard InChI is InChI=1S/C15H18F3N5O4S/c1-14(12(24)20-13(25)21-14)9-28(26,27)23-6-4-22(5-7-23)11-3-2-10(8-19-11)15(16,17)18/h2-3,8H,4-7,9H2,1H3,(H2,20,21,24,25)/t14-/m1/s1. The van der Waals surface area contributed by atoms with Crippen LogP contribution in [0.4, 0.5) is 23.8 Å². The molecule has 154 valence electrons. The van der Waals surface area contributed by atoms with Crippen molar-refractivity contribution < 1.29 is 31.2 Å². The van der Waals surface area contributed by atoms with Crippen LogP contribution in [0.2, 0.25) is 0 Å². The number of imide groups is 1. The molecular weight excluding hydrogens is 403 g/mol. The number of piperazine rings is 1. The zero-order valence-electron chi connectivity index (χ0n) is 14.8. The number of nitrogens with one attached hydrogen (secondary N) is 2. The third kappa shape index (κ3) is 4.04. The average molecular weight is 421 g/mol. The number of rotatable bonds is 4. The monoisotopic (exact) mass is 421 g/mol. The van der Waals surface area contributed by atoms with E-state index in [1.165, 1.54) is 17.3 Å². The summed E-state index contributed by atoms with van der Waals surface area (Å²) in [5.41, 5.74) is -2.41. The molecule has 1 aromatic heterocycles. The topological polar surface area (TPSA) is 112 Å². The molecule has 0 spiro atoms. The summed E-state index contributed by atoms with van der Waals surface area (Å²) in [6.07, 6.45) is -3.74. The van der Waals surface area contributed by atoms with Crippen molar-refractivity contribution in [2.45, 2.75) is 18.6 Å².